The minimum Gasteiger partial charge on any atom is -0.333 e. The molecule has 1 fully saturated rings. The number of nitrogens with one attached hydrogen (secondary N) is 1. The number of rotatable bonds is 2. The van der Waals surface area contributed by atoms with Crippen LogP contribution in [0, 0.1) is 19.7 Å². The highest BCUT2D eigenvalue weighted by molar-refractivity contribution is 5.94. The van der Waals surface area contributed by atoms with Crippen LogP contribution in [-0.4, -0.2) is 46.3 Å². The lowest BCUT2D eigenvalue weighted by atomic mass is 10.1. The molecular weight excluding hydrogens is 295 g/mol. The summed E-state index contributed by atoms with van der Waals surface area (Å²) in [5.74, 6) is -0.567. The molecule has 1 saturated heterocycles. The molecule has 1 aliphatic heterocycles. The van der Waals surface area contributed by atoms with Crippen molar-refractivity contribution in [3.05, 3.63) is 47.0 Å². The summed E-state index contributed by atoms with van der Waals surface area (Å²) in [4.78, 5) is 14.4. The predicted octanol–water partition coefficient (Wildman–Crippen LogP) is 2.06. The van der Waals surface area contributed by atoms with E-state index in [1.54, 1.807) is 21.7 Å². The maximum absolute atomic E-state index is 14.5. The Kier molecular flexibility index (Phi) is 4.17. The maximum Gasteiger partial charge on any atom is 0.254 e. The Morgan fingerprint density at radius 2 is 2.13 bits per heavy atom. The summed E-state index contributed by atoms with van der Waals surface area (Å²) in [6, 6.07) is 6.60. The molecule has 2 aromatic rings. The first kappa shape index (κ1) is 15.7. The van der Waals surface area contributed by atoms with E-state index in [0.29, 0.717) is 17.8 Å². The summed E-state index contributed by atoms with van der Waals surface area (Å²) >= 11 is 0. The second-order valence-corrected chi connectivity index (χ2v) is 6.06. The van der Waals surface area contributed by atoms with Gasteiger partial charge in [0.1, 0.15) is 11.5 Å². The van der Waals surface area contributed by atoms with Crippen LogP contribution in [0.4, 0.5) is 4.39 Å². The fourth-order valence-electron chi connectivity index (χ4n) is 2.99. The van der Waals surface area contributed by atoms with Crippen LogP contribution < -0.4 is 5.32 Å². The van der Waals surface area contributed by atoms with Crippen molar-refractivity contribution in [2.75, 3.05) is 19.6 Å². The molecule has 0 aliphatic carbocycles. The zero-order chi connectivity index (χ0) is 16.6. The summed E-state index contributed by atoms with van der Waals surface area (Å²) < 4.78 is 16.1. The van der Waals surface area contributed by atoms with Crippen molar-refractivity contribution in [1.29, 1.82) is 0 Å². The van der Waals surface area contributed by atoms with Crippen LogP contribution in [0.1, 0.15) is 28.7 Å². The molecule has 0 saturated carbocycles. The van der Waals surface area contributed by atoms with Crippen molar-refractivity contribution in [3.8, 4) is 5.69 Å². The molecule has 0 radical (unpaired) electrons. The zero-order valence-electron chi connectivity index (χ0n) is 13.6. The van der Waals surface area contributed by atoms with E-state index in [0.717, 1.165) is 24.5 Å². The number of halogens is 1. The van der Waals surface area contributed by atoms with Gasteiger partial charge < -0.3 is 10.2 Å². The van der Waals surface area contributed by atoms with Crippen LogP contribution in [0.15, 0.2) is 24.3 Å². The molecule has 23 heavy (non-hydrogen) atoms. The van der Waals surface area contributed by atoms with Crippen molar-refractivity contribution in [2.24, 2.45) is 0 Å². The quantitative estimate of drug-likeness (QED) is 0.923. The Hall–Kier alpha value is -2.21. The maximum atomic E-state index is 14.5. The largest absolute Gasteiger partial charge is 0.333 e. The fraction of sp³-hybridized carbons (Fsp3) is 0.412. The number of carbonyl (C=O) groups is 1. The van der Waals surface area contributed by atoms with Crippen molar-refractivity contribution < 1.29 is 9.18 Å². The average molecular weight is 316 g/mol. The standard InChI is InChI=1S/C17H21FN4O/c1-11-8-12(2)22(20-11)16-5-4-14(9-15(16)18)17(23)21-7-6-19-10-13(21)3/h4-5,8-9,13,19H,6-7,10H2,1-3H3/t13-/m1/s1. The third kappa shape index (κ3) is 2.99. The lowest BCUT2D eigenvalue weighted by molar-refractivity contribution is 0.0655. The molecule has 0 unspecified atom stereocenters. The van der Waals surface area contributed by atoms with Crippen LogP contribution in [-0.2, 0) is 0 Å². The van der Waals surface area contributed by atoms with Crippen LogP contribution in [0.25, 0.3) is 5.69 Å². The van der Waals surface area contributed by atoms with Crippen LogP contribution in [0.5, 0.6) is 0 Å². The molecule has 1 aromatic carbocycles. The molecule has 0 spiro atoms. The molecule has 1 aliphatic rings. The predicted molar refractivity (Wildman–Crippen MR) is 86.4 cm³/mol. The SMILES string of the molecule is Cc1cc(C)n(-c2ccc(C(=O)N3CCNC[C@H]3C)cc2F)n1. The van der Waals surface area contributed by atoms with E-state index >= 15 is 0 Å². The van der Waals surface area contributed by atoms with E-state index in [1.807, 2.05) is 26.8 Å². The highest BCUT2D eigenvalue weighted by Crippen LogP contribution is 2.19. The first-order chi connectivity index (χ1) is 11.0. The second-order valence-electron chi connectivity index (χ2n) is 6.06. The van der Waals surface area contributed by atoms with Gasteiger partial charge in [0, 0.05) is 36.9 Å². The van der Waals surface area contributed by atoms with Gasteiger partial charge in [0.05, 0.1) is 5.69 Å². The first-order valence-corrected chi connectivity index (χ1v) is 7.82. The number of aryl methyl sites for hydroxylation is 2. The Labute approximate surface area is 135 Å². The number of amides is 1. The Morgan fingerprint density at radius 3 is 2.74 bits per heavy atom. The van der Waals surface area contributed by atoms with Crippen LogP contribution >= 0.6 is 0 Å². The highest BCUT2D eigenvalue weighted by atomic mass is 19.1. The van der Waals surface area contributed by atoms with E-state index < -0.39 is 5.82 Å². The monoisotopic (exact) mass is 316 g/mol. The number of carbonyl (C=O) groups excluding carboxylic acids is 1. The summed E-state index contributed by atoms with van der Waals surface area (Å²) in [7, 11) is 0. The number of nitrogens with zero attached hydrogens (tertiary/aromatic N) is 3. The molecule has 1 atom stereocenters. The number of benzene rings is 1. The minimum atomic E-state index is -0.440. The van der Waals surface area contributed by atoms with Gasteiger partial charge in [-0.15, -0.1) is 0 Å². The Bertz CT molecular complexity index is 740. The molecule has 2 heterocycles. The van der Waals surface area contributed by atoms with Gasteiger partial charge in [-0.1, -0.05) is 0 Å². The fourth-order valence-corrected chi connectivity index (χ4v) is 2.99. The normalized spacial score (nSPS) is 18.3. The summed E-state index contributed by atoms with van der Waals surface area (Å²) in [6.45, 7) is 7.90. The minimum absolute atomic E-state index is 0.106. The number of aromatic nitrogens is 2. The van der Waals surface area contributed by atoms with Gasteiger partial charge >= 0.3 is 0 Å². The van der Waals surface area contributed by atoms with Gasteiger partial charge in [-0.25, -0.2) is 9.07 Å². The molecule has 5 nitrogen and oxygen atoms in total. The Balaban J connectivity index is 1.90. The lowest BCUT2D eigenvalue weighted by Crippen LogP contribution is -2.52. The van der Waals surface area contributed by atoms with Gasteiger partial charge in [-0.3, -0.25) is 4.79 Å². The molecule has 6 heteroatoms. The third-order valence-corrected chi connectivity index (χ3v) is 4.19. The molecule has 3 rings (SSSR count). The average Bonchev–Trinajstić information content (AvgIpc) is 2.85. The van der Waals surface area contributed by atoms with Crippen molar-refractivity contribution in [2.45, 2.75) is 26.8 Å². The molecular formula is C17H21FN4O. The van der Waals surface area contributed by atoms with E-state index in [1.165, 1.54) is 6.07 Å². The summed E-state index contributed by atoms with van der Waals surface area (Å²) in [6.07, 6.45) is 0. The molecule has 1 amide bonds. The van der Waals surface area contributed by atoms with E-state index in [-0.39, 0.29) is 11.9 Å². The smallest absolute Gasteiger partial charge is 0.254 e. The second kappa shape index (κ2) is 6.12. The zero-order valence-corrected chi connectivity index (χ0v) is 13.6. The third-order valence-electron chi connectivity index (χ3n) is 4.19. The van der Waals surface area contributed by atoms with Crippen molar-refractivity contribution in [1.82, 2.24) is 20.0 Å². The lowest BCUT2D eigenvalue weighted by Gasteiger charge is -2.34. The number of hydrogen-bond acceptors (Lipinski definition) is 3. The van der Waals surface area contributed by atoms with E-state index in [4.69, 9.17) is 0 Å². The van der Waals surface area contributed by atoms with E-state index in [2.05, 4.69) is 10.4 Å². The number of piperazine rings is 1. The Morgan fingerprint density at radius 1 is 1.35 bits per heavy atom. The summed E-state index contributed by atoms with van der Waals surface area (Å²) in [5, 5.41) is 7.53. The number of hydrogen-bond donors (Lipinski definition) is 1. The topological polar surface area (TPSA) is 50.2 Å². The van der Waals surface area contributed by atoms with Gasteiger partial charge in [0.15, 0.2) is 0 Å². The van der Waals surface area contributed by atoms with Gasteiger partial charge in [-0.2, -0.15) is 5.10 Å². The van der Waals surface area contributed by atoms with Crippen LogP contribution in [0.3, 0.4) is 0 Å². The van der Waals surface area contributed by atoms with Gasteiger partial charge in [0.25, 0.3) is 5.91 Å². The molecule has 1 N–H and O–H groups in total. The van der Waals surface area contributed by atoms with Crippen molar-refractivity contribution >= 4 is 5.91 Å². The molecule has 1 aromatic heterocycles. The van der Waals surface area contributed by atoms with Gasteiger partial charge in [0.2, 0.25) is 0 Å². The molecule has 122 valence electrons. The highest BCUT2D eigenvalue weighted by Gasteiger charge is 2.24. The van der Waals surface area contributed by atoms with E-state index in [9.17, 15) is 9.18 Å². The molecule has 0 bridgehead atoms. The first-order valence-electron chi connectivity index (χ1n) is 7.82. The van der Waals surface area contributed by atoms with Gasteiger partial charge in [-0.05, 0) is 45.0 Å². The van der Waals surface area contributed by atoms with Crippen LogP contribution in [0.2, 0.25) is 0 Å². The van der Waals surface area contributed by atoms with Crippen molar-refractivity contribution in [3.63, 3.8) is 0 Å². The summed E-state index contributed by atoms with van der Waals surface area (Å²) in [5.41, 5.74) is 2.43.